The van der Waals surface area contributed by atoms with Gasteiger partial charge in [-0.2, -0.15) is 0 Å². The lowest BCUT2D eigenvalue weighted by molar-refractivity contribution is -0.135. The van der Waals surface area contributed by atoms with Gasteiger partial charge in [0, 0.05) is 48.7 Å². The highest BCUT2D eigenvalue weighted by Crippen LogP contribution is 2.25. The second kappa shape index (κ2) is 7.90. The normalized spacial score (nSPS) is 20.5. The van der Waals surface area contributed by atoms with Crippen LogP contribution in [-0.4, -0.2) is 58.1 Å². The number of hydrogen-bond acceptors (Lipinski definition) is 5. The van der Waals surface area contributed by atoms with Crippen molar-refractivity contribution in [1.29, 1.82) is 0 Å². The van der Waals surface area contributed by atoms with Crippen LogP contribution in [0, 0.1) is 6.92 Å². The van der Waals surface area contributed by atoms with Crippen molar-refractivity contribution in [3.05, 3.63) is 40.1 Å². The Balaban J connectivity index is 1.34. The quantitative estimate of drug-likeness (QED) is 0.779. The summed E-state index contributed by atoms with van der Waals surface area (Å²) in [6.07, 6.45) is 6.06. The first kappa shape index (κ1) is 17.7. The smallest absolute Gasteiger partial charge is 0.248 e. The fraction of sp³-hybridized carbons (Fsp3) is 0.579. The zero-order chi connectivity index (χ0) is 17.9. The summed E-state index contributed by atoms with van der Waals surface area (Å²) in [4.78, 5) is 23.6. The standard InChI is InChI=1S/C19H26N4O2S/c1-15-4-5-18(26-15)11-21-9-16-8-20-14-23(16)17(10-21)12-25-13-19(24)22-6-2-3-7-22/h4-5,8,14,17H,2-3,6-7,9-13H2,1H3/t17-/m1/s1. The van der Waals surface area contributed by atoms with E-state index in [2.05, 4.69) is 33.5 Å². The number of hydrogen-bond donors (Lipinski definition) is 0. The minimum Gasteiger partial charge on any atom is -0.369 e. The Kier molecular flexibility index (Phi) is 5.38. The summed E-state index contributed by atoms with van der Waals surface area (Å²) in [5.74, 6) is 0.120. The lowest BCUT2D eigenvalue weighted by atomic mass is 10.2. The summed E-state index contributed by atoms with van der Waals surface area (Å²) < 4.78 is 8.02. The van der Waals surface area contributed by atoms with Crippen LogP contribution in [0.5, 0.6) is 0 Å². The maximum absolute atomic E-state index is 12.2. The number of thiophene rings is 1. The van der Waals surface area contributed by atoms with Crippen molar-refractivity contribution in [2.45, 2.75) is 38.9 Å². The number of carbonyl (C=O) groups is 1. The summed E-state index contributed by atoms with van der Waals surface area (Å²) in [5, 5.41) is 0. The molecule has 1 saturated heterocycles. The molecule has 2 aromatic heterocycles. The molecule has 1 amide bonds. The van der Waals surface area contributed by atoms with Crippen molar-refractivity contribution in [2.24, 2.45) is 0 Å². The molecular weight excluding hydrogens is 348 g/mol. The van der Waals surface area contributed by atoms with E-state index in [-0.39, 0.29) is 18.6 Å². The monoisotopic (exact) mass is 374 g/mol. The molecule has 6 nitrogen and oxygen atoms in total. The van der Waals surface area contributed by atoms with Crippen molar-refractivity contribution in [2.75, 3.05) is 32.8 Å². The lowest BCUT2D eigenvalue weighted by Gasteiger charge is -2.34. The van der Waals surface area contributed by atoms with E-state index in [0.717, 1.165) is 45.6 Å². The molecule has 0 saturated carbocycles. The first-order valence-corrected chi connectivity index (χ1v) is 10.1. The molecule has 0 bridgehead atoms. The average molecular weight is 375 g/mol. The summed E-state index contributed by atoms with van der Waals surface area (Å²) in [6, 6.07) is 4.60. The molecule has 0 aliphatic carbocycles. The predicted molar refractivity (Wildman–Crippen MR) is 101 cm³/mol. The maximum atomic E-state index is 12.2. The van der Waals surface area contributed by atoms with Gasteiger partial charge >= 0.3 is 0 Å². The van der Waals surface area contributed by atoms with Crippen molar-refractivity contribution in [3.63, 3.8) is 0 Å². The lowest BCUT2D eigenvalue weighted by Crippen LogP contribution is -2.39. The van der Waals surface area contributed by atoms with E-state index in [4.69, 9.17) is 4.74 Å². The van der Waals surface area contributed by atoms with E-state index in [1.54, 1.807) is 0 Å². The Morgan fingerprint density at radius 3 is 2.96 bits per heavy atom. The van der Waals surface area contributed by atoms with Gasteiger partial charge in [-0.1, -0.05) is 0 Å². The minimum atomic E-state index is 0.120. The van der Waals surface area contributed by atoms with Gasteiger partial charge in [0.2, 0.25) is 5.91 Å². The Bertz CT molecular complexity index is 750. The average Bonchev–Trinajstić information content (AvgIpc) is 3.36. The number of carbonyl (C=O) groups excluding carboxylic acids is 1. The minimum absolute atomic E-state index is 0.120. The molecule has 4 rings (SSSR count). The topological polar surface area (TPSA) is 50.6 Å². The molecule has 2 aliphatic heterocycles. The van der Waals surface area contributed by atoms with E-state index in [9.17, 15) is 4.79 Å². The fourth-order valence-electron chi connectivity index (χ4n) is 3.85. The van der Waals surface area contributed by atoms with Crippen molar-refractivity contribution < 1.29 is 9.53 Å². The number of amides is 1. The zero-order valence-electron chi connectivity index (χ0n) is 15.3. The number of ether oxygens (including phenoxy) is 1. The van der Waals surface area contributed by atoms with E-state index in [0.29, 0.717) is 6.61 Å². The first-order chi connectivity index (χ1) is 12.7. The first-order valence-electron chi connectivity index (χ1n) is 9.33. The van der Waals surface area contributed by atoms with Crippen LogP contribution >= 0.6 is 11.3 Å². The third kappa shape index (κ3) is 4.00. The molecule has 2 aliphatic rings. The SMILES string of the molecule is Cc1ccc(CN2Cc3cncn3[C@@H](COCC(=O)N3CCCC3)C2)s1. The highest BCUT2D eigenvalue weighted by atomic mass is 32.1. The molecule has 0 spiro atoms. The number of nitrogens with zero attached hydrogens (tertiary/aromatic N) is 4. The van der Waals surface area contributed by atoms with Gasteiger partial charge in [0.25, 0.3) is 0 Å². The van der Waals surface area contributed by atoms with Crippen molar-refractivity contribution in [1.82, 2.24) is 19.4 Å². The summed E-state index contributed by atoms with van der Waals surface area (Å²) in [6.45, 7) is 7.41. The molecule has 26 heavy (non-hydrogen) atoms. The highest BCUT2D eigenvalue weighted by molar-refractivity contribution is 7.11. The molecule has 4 heterocycles. The van der Waals surface area contributed by atoms with Crippen LogP contribution < -0.4 is 0 Å². The molecule has 1 atom stereocenters. The van der Waals surface area contributed by atoms with Crippen LogP contribution in [0.15, 0.2) is 24.7 Å². The summed E-state index contributed by atoms with van der Waals surface area (Å²) in [7, 11) is 0. The Morgan fingerprint density at radius 1 is 1.35 bits per heavy atom. The third-order valence-electron chi connectivity index (χ3n) is 5.16. The van der Waals surface area contributed by atoms with Gasteiger partial charge in [-0.3, -0.25) is 9.69 Å². The zero-order valence-corrected chi connectivity index (χ0v) is 16.1. The summed E-state index contributed by atoms with van der Waals surface area (Å²) in [5.41, 5.74) is 1.21. The van der Waals surface area contributed by atoms with Gasteiger partial charge in [-0.15, -0.1) is 11.3 Å². The number of likely N-dealkylation sites (tertiary alicyclic amines) is 1. The second-order valence-electron chi connectivity index (χ2n) is 7.23. The van der Waals surface area contributed by atoms with Gasteiger partial charge < -0.3 is 14.2 Å². The van der Waals surface area contributed by atoms with Gasteiger partial charge in [0.1, 0.15) is 6.61 Å². The Labute approximate surface area is 158 Å². The van der Waals surface area contributed by atoms with Crippen LogP contribution in [0.2, 0.25) is 0 Å². The predicted octanol–water partition coefficient (Wildman–Crippen LogP) is 2.45. The van der Waals surface area contributed by atoms with Crippen molar-refractivity contribution >= 4 is 17.2 Å². The van der Waals surface area contributed by atoms with E-state index < -0.39 is 0 Å². The second-order valence-corrected chi connectivity index (χ2v) is 8.60. The largest absolute Gasteiger partial charge is 0.369 e. The maximum Gasteiger partial charge on any atom is 0.248 e. The number of rotatable bonds is 6. The van der Waals surface area contributed by atoms with E-state index in [1.165, 1.54) is 15.4 Å². The van der Waals surface area contributed by atoms with E-state index >= 15 is 0 Å². The van der Waals surface area contributed by atoms with Gasteiger partial charge in [0.05, 0.1) is 24.7 Å². The summed E-state index contributed by atoms with van der Waals surface area (Å²) >= 11 is 1.86. The number of fused-ring (bicyclic) bond motifs is 1. The van der Waals surface area contributed by atoms with E-state index in [1.807, 2.05) is 28.8 Å². The highest BCUT2D eigenvalue weighted by Gasteiger charge is 2.26. The molecule has 140 valence electrons. The fourth-order valence-corrected chi connectivity index (χ4v) is 4.78. The molecule has 2 aromatic rings. The Morgan fingerprint density at radius 2 is 2.19 bits per heavy atom. The van der Waals surface area contributed by atoms with Crippen LogP contribution in [0.3, 0.4) is 0 Å². The van der Waals surface area contributed by atoms with Gasteiger partial charge in [-0.05, 0) is 31.9 Å². The molecule has 7 heteroatoms. The van der Waals surface area contributed by atoms with Crippen LogP contribution in [0.1, 0.15) is 34.3 Å². The van der Waals surface area contributed by atoms with Crippen LogP contribution in [-0.2, 0) is 22.6 Å². The number of imidazole rings is 1. The molecular formula is C19H26N4O2S. The Hall–Kier alpha value is -1.70. The van der Waals surface area contributed by atoms with Crippen molar-refractivity contribution in [3.8, 4) is 0 Å². The molecule has 1 fully saturated rings. The number of aromatic nitrogens is 2. The third-order valence-corrected chi connectivity index (χ3v) is 6.15. The molecule has 0 unspecified atom stereocenters. The van der Waals surface area contributed by atoms with Gasteiger partial charge in [-0.25, -0.2) is 4.98 Å². The molecule has 0 N–H and O–H groups in total. The van der Waals surface area contributed by atoms with Gasteiger partial charge in [0.15, 0.2) is 0 Å². The molecule has 0 radical (unpaired) electrons. The number of aryl methyl sites for hydroxylation is 1. The van der Waals surface area contributed by atoms with Crippen LogP contribution in [0.25, 0.3) is 0 Å². The van der Waals surface area contributed by atoms with Crippen LogP contribution in [0.4, 0.5) is 0 Å². The molecule has 0 aromatic carbocycles.